The maximum Gasteiger partial charge on any atom is 0.309 e. The standard InChI is InChI=1S/C20H28N4O4S/c1-12-14(3)29-19-16(12)17(22-11-23-19)24-8-5-15(6-9-24)20(26)28-13(2)18(25)21-7-10-27-4/h11,13,15H,5-10H2,1-4H3,(H,21,25)/t13-/m1/s1. The van der Waals surface area contributed by atoms with E-state index in [0.29, 0.717) is 39.1 Å². The van der Waals surface area contributed by atoms with Gasteiger partial charge in [0.1, 0.15) is 17.0 Å². The highest BCUT2D eigenvalue weighted by molar-refractivity contribution is 7.18. The van der Waals surface area contributed by atoms with Gasteiger partial charge in [0.05, 0.1) is 17.9 Å². The summed E-state index contributed by atoms with van der Waals surface area (Å²) in [4.78, 5) is 37.8. The van der Waals surface area contributed by atoms with Crippen molar-refractivity contribution in [1.82, 2.24) is 15.3 Å². The number of nitrogens with zero attached hydrogens (tertiary/aromatic N) is 3. The van der Waals surface area contributed by atoms with Gasteiger partial charge < -0.3 is 19.7 Å². The van der Waals surface area contributed by atoms with Crippen molar-refractivity contribution in [3.05, 3.63) is 16.8 Å². The molecule has 1 aliphatic rings. The number of ether oxygens (including phenoxy) is 2. The van der Waals surface area contributed by atoms with Gasteiger partial charge in [-0.2, -0.15) is 0 Å². The monoisotopic (exact) mass is 420 g/mol. The lowest BCUT2D eigenvalue weighted by Crippen LogP contribution is -2.41. The number of methoxy groups -OCH3 is 1. The van der Waals surface area contributed by atoms with Gasteiger partial charge >= 0.3 is 5.97 Å². The van der Waals surface area contributed by atoms with Gasteiger partial charge in [-0.1, -0.05) is 0 Å². The maximum atomic E-state index is 12.5. The smallest absolute Gasteiger partial charge is 0.309 e. The number of carbonyl (C=O) groups is 2. The average molecular weight is 421 g/mol. The Kier molecular flexibility index (Phi) is 7.02. The molecule has 0 unspecified atom stereocenters. The topological polar surface area (TPSA) is 93.6 Å². The molecule has 0 saturated carbocycles. The van der Waals surface area contributed by atoms with Crippen LogP contribution >= 0.6 is 11.3 Å². The second-order valence-electron chi connectivity index (χ2n) is 7.28. The van der Waals surface area contributed by atoms with Gasteiger partial charge in [0.2, 0.25) is 0 Å². The first-order chi connectivity index (χ1) is 13.9. The van der Waals surface area contributed by atoms with Crippen LogP contribution in [0, 0.1) is 19.8 Å². The second-order valence-corrected chi connectivity index (χ2v) is 8.49. The summed E-state index contributed by atoms with van der Waals surface area (Å²) in [5.74, 6) is 0.117. The molecule has 1 fully saturated rings. The average Bonchev–Trinajstić information content (AvgIpc) is 3.02. The number of carbonyl (C=O) groups excluding carboxylic acids is 2. The maximum absolute atomic E-state index is 12.5. The molecule has 1 saturated heterocycles. The van der Waals surface area contributed by atoms with Crippen molar-refractivity contribution in [2.45, 2.75) is 39.7 Å². The summed E-state index contributed by atoms with van der Waals surface area (Å²) in [6.07, 6.45) is 2.14. The summed E-state index contributed by atoms with van der Waals surface area (Å²) in [6.45, 7) is 8.04. The Bertz CT molecular complexity index is 877. The first kappa shape index (κ1) is 21.4. The van der Waals surface area contributed by atoms with Crippen molar-refractivity contribution >= 4 is 39.2 Å². The summed E-state index contributed by atoms with van der Waals surface area (Å²) in [6, 6.07) is 0. The molecular formula is C20H28N4O4S. The summed E-state index contributed by atoms with van der Waals surface area (Å²) < 4.78 is 10.3. The number of nitrogens with one attached hydrogen (secondary N) is 1. The van der Waals surface area contributed by atoms with Gasteiger partial charge in [-0.25, -0.2) is 9.97 Å². The number of piperidine rings is 1. The van der Waals surface area contributed by atoms with Crippen molar-refractivity contribution < 1.29 is 19.1 Å². The number of hydrogen-bond donors (Lipinski definition) is 1. The van der Waals surface area contributed by atoms with E-state index in [0.717, 1.165) is 16.0 Å². The first-order valence-corrected chi connectivity index (χ1v) is 10.7. The molecule has 1 atom stereocenters. The Morgan fingerprint density at radius 2 is 2.03 bits per heavy atom. The van der Waals surface area contributed by atoms with Gasteiger partial charge in [0.15, 0.2) is 6.10 Å². The highest BCUT2D eigenvalue weighted by atomic mass is 32.1. The molecule has 2 aromatic heterocycles. The zero-order chi connectivity index (χ0) is 21.0. The molecule has 29 heavy (non-hydrogen) atoms. The van der Waals surface area contributed by atoms with Gasteiger partial charge in [-0.3, -0.25) is 9.59 Å². The molecule has 0 bridgehead atoms. The SMILES string of the molecule is COCCNC(=O)[C@@H](C)OC(=O)C1CCN(c2ncnc3sc(C)c(C)c23)CC1. The number of fused-ring (bicyclic) bond motifs is 1. The van der Waals surface area contributed by atoms with E-state index < -0.39 is 6.10 Å². The molecule has 158 valence electrons. The number of rotatable bonds is 7. The van der Waals surface area contributed by atoms with Crippen LogP contribution in [0.1, 0.15) is 30.2 Å². The minimum Gasteiger partial charge on any atom is -0.452 e. The van der Waals surface area contributed by atoms with E-state index in [1.54, 1.807) is 31.7 Å². The van der Waals surface area contributed by atoms with Crippen molar-refractivity contribution in [3.8, 4) is 0 Å². The molecule has 3 rings (SSSR count). The fraction of sp³-hybridized carbons (Fsp3) is 0.600. The number of thiophene rings is 1. The molecule has 3 heterocycles. The molecule has 0 spiro atoms. The molecule has 0 aliphatic carbocycles. The van der Waals surface area contributed by atoms with Gasteiger partial charge in [-0.15, -0.1) is 11.3 Å². The van der Waals surface area contributed by atoms with Crippen LogP contribution in [0.3, 0.4) is 0 Å². The molecule has 9 heteroatoms. The summed E-state index contributed by atoms with van der Waals surface area (Å²) in [7, 11) is 1.56. The summed E-state index contributed by atoms with van der Waals surface area (Å²) in [5, 5.41) is 3.79. The Morgan fingerprint density at radius 3 is 2.72 bits per heavy atom. The van der Waals surface area contributed by atoms with Crippen LogP contribution in [-0.4, -0.2) is 61.3 Å². The zero-order valence-electron chi connectivity index (χ0n) is 17.4. The van der Waals surface area contributed by atoms with E-state index in [2.05, 4.69) is 34.0 Å². The minimum absolute atomic E-state index is 0.205. The molecule has 1 aliphatic heterocycles. The molecule has 1 amide bonds. The van der Waals surface area contributed by atoms with Crippen LogP contribution < -0.4 is 10.2 Å². The van der Waals surface area contributed by atoms with Crippen LogP contribution in [0.4, 0.5) is 5.82 Å². The molecular weight excluding hydrogens is 392 g/mol. The number of hydrogen-bond acceptors (Lipinski definition) is 8. The van der Waals surface area contributed by atoms with Crippen molar-refractivity contribution in [2.75, 3.05) is 38.3 Å². The third-order valence-corrected chi connectivity index (χ3v) is 6.46. The number of anilines is 1. The third-order valence-electron chi connectivity index (χ3n) is 5.34. The number of aryl methyl sites for hydroxylation is 2. The van der Waals surface area contributed by atoms with Crippen LogP contribution in [0.5, 0.6) is 0 Å². The Hall–Kier alpha value is -2.26. The van der Waals surface area contributed by atoms with Gasteiger partial charge in [0.25, 0.3) is 5.91 Å². The lowest BCUT2D eigenvalue weighted by molar-refractivity contribution is -0.159. The van der Waals surface area contributed by atoms with E-state index in [1.165, 1.54) is 10.4 Å². The van der Waals surface area contributed by atoms with E-state index >= 15 is 0 Å². The van der Waals surface area contributed by atoms with Crippen LogP contribution in [0.15, 0.2) is 6.33 Å². The van der Waals surface area contributed by atoms with Crippen LogP contribution in [0.2, 0.25) is 0 Å². The lowest BCUT2D eigenvalue weighted by atomic mass is 9.96. The Labute approximate surface area is 174 Å². The van der Waals surface area contributed by atoms with E-state index in [-0.39, 0.29) is 17.8 Å². The Morgan fingerprint density at radius 1 is 1.31 bits per heavy atom. The second kappa shape index (κ2) is 9.49. The fourth-order valence-corrected chi connectivity index (χ4v) is 4.47. The fourth-order valence-electron chi connectivity index (χ4n) is 3.47. The molecule has 0 radical (unpaired) electrons. The van der Waals surface area contributed by atoms with Gasteiger partial charge in [-0.05, 0) is 39.2 Å². The summed E-state index contributed by atoms with van der Waals surface area (Å²) >= 11 is 1.68. The van der Waals surface area contributed by atoms with E-state index in [1.807, 2.05) is 0 Å². The number of amides is 1. The van der Waals surface area contributed by atoms with Crippen molar-refractivity contribution in [2.24, 2.45) is 5.92 Å². The van der Waals surface area contributed by atoms with E-state index in [4.69, 9.17) is 9.47 Å². The highest BCUT2D eigenvalue weighted by Gasteiger charge is 2.30. The minimum atomic E-state index is -0.810. The lowest BCUT2D eigenvalue weighted by Gasteiger charge is -2.32. The summed E-state index contributed by atoms with van der Waals surface area (Å²) in [5.41, 5.74) is 1.22. The number of esters is 1. The van der Waals surface area contributed by atoms with Gasteiger partial charge in [0, 0.05) is 31.6 Å². The zero-order valence-corrected chi connectivity index (χ0v) is 18.2. The largest absolute Gasteiger partial charge is 0.452 e. The highest BCUT2D eigenvalue weighted by Crippen LogP contribution is 2.35. The molecule has 8 nitrogen and oxygen atoms in total. The number of aromatic nitrogens is 2. The van der Waals surface area contributed by atoms with Crippen LogP contribution in [-0.2, 0) is 19.1 Å². The molecule has 1 N–H and O–H groups in total. The predicted molar refractivity (Wildman–Crippen MR) is 112 cm³/mol. The van der Waals surface area contributed by atoms with Crippen molar-refractivity contribution in [3.63, 3.8) is 0 Å². The quantitative estimate of drug-likeness (QED) is 0.542. The van der Waals surface area contributed by atoms with Crippen molar-refractivity contribution in [1.29, 1.82) is 0 Å². The first-order valence-electron chi connectivity index (χ1n) is 9.85. The Balaban J connectivity index is 1.57. The molecule has 0 aromatic carbocycles. The van der Waals surface area contributed by atoms with E-state index in [9.17, 15) is 9.59 Å². The predicted octanol–water partition coefficient (Wildman–Crippen LogP) is 2.22. The third kappa shape index (κ3) is 4.84. The normalized spacial score (nSPS) is 16.1. The molecule has 2 aromatic rings. The van der Waals surface area contributed by atoms with Crippen LogP contribution in [0.25, 0.3) is 10.2 Å².